The van der Waals surface area contributed by atoms with Crippen molar-refractivity contribution in [2.24, 2.45) is 0 Å². The smallest absolute Gasteiger partial charge is 0.0644 e. The van der Waals surface area contributed by atoms with Gasteiger partial charge >= 0.3 is 0 Å². The molecule has 0 amide bonds. The van der Waals surface area contributed by atoms with Crippen LogP contribution in [0.15, 0.2) is 18.5 Å². The summed E-state index contributed by atoms with van der Waals surface area (Å²) in [5.41, 5.74) is 2.17. The lowest BCUT2D eigenvalue weighted by atomic mass is 10.2. The third-order valence-corrected chi connectivity index (χ3v) is 2.61. The Bertz CT molecular complexity index is 318. The summed E-state index contributed by atoms with van der Waals surface area (Å²) in [4.78, 5) is 6.23. The second-order valence-corrected chi connectivity index (χ2v) is 4.25. The van der Waals surface area contributed by atoms with E-state index in [4.69, 9.17) is 16.3 Å². The lowest BCUT2D eigenvalue weighted by Crippen LogP contribution is -2.24. The second kappa shape index (κ2) is 6.71. The number of halogens is 1. The molecule has 0 radical (unpaired) electrons. The molecule has 0 aliphatic rings. The Morgan fingerprint density at radius 3 is 2.88 bits per heavy atom. The van der Waals surface area contributed by atoms with Gasteiger partial charge in [-0.1, -0.05) is 0 Å². The normalized spacial score (nSPS) is 10.8. The van der Waals surface area contributed by atoms with Crippen LogP contribution in [0.4, 0.5) is 5.69 Å². The van der Waals surface area contributed by atoms with Crippen LogP contribution in [0.1, 0.15) is 19.4 Å². The van der Waals surface area contributed by atoms with E-state index in [9.17, 15) is 0 Å². The van der Waals surface area contributed by atoms with Crippen LogP contribution in [0, 0.1) is 0 Å². The maximum Gasteiger partial charge on any atom is 0.0644 e. The first-order valence-electron chi connectivity index (χ1n) is 5.46. The van der Waals surface area contributed by atoms with Crippen molar-refractivity contribution in [3.8, 4) is 0 Å². The van der Waals surface area contributed by atoms with Gasteiger partial charge in [0.25, 0.3) is 0 Å². The average Bonchev–Trinajstić information content (AvgIpc) is 2.28. The molecule has 3 nitrogen and oxygen atoms in total. The van der Waals surface area contributed by atoms with Gasteiger partial charge in [-0.3, -0.25) is 4.98 Å². The van der Waals surface area contributed by atoms with Gasteiger partial charge in [0.05, 0.1) is 24.6 Å². The molecule has 1 rings (SSSR count). The van der Waals surface area contributed by atoms with Crippen LogP contribution in [0.5, 0.6) is 0 Å². The molecule has 0 fully saturated rings. The maximum atomic E-state index is 5.87. The van der Waals surface area contributed by atoms with Crippen LogP contribution in [-0.2, 0) is 10.6 Å². The molecule has 0 unspecified atom stereocenters. The minimum atomic E-state index is 0.273. The zero-order valence-electron chi connectivity index (χ0n) is 10.1. The van der Waals surface area contributed by atoms with Gasteiger partial charge in [-0.15, -0.1) is 11.6 Å². The minimum Gasteiger partial charge on any atom is -0.377 e. The van der Waals surface area contributed by atoms with Crippen molar-refractivity contribution in [2.75, 3.05) is 25.1 Å². The summed E-state index contributed by atoms with van der Waals surface area (Å²) in [5.74, 6) is 0.507. The van der Waals surface area contributed by atoms with Gasteiger partial charge in [0.2, 0.25) is 0 Å². The van der Waals surface area contributed by atoms with Gasteiger partial charge in [0, 0.05) is 25.7 Å². The molecular weight excluding hydrogens is 224 g/mol. The van der Waals surface area contributed by atoms with E-state index in [1.165, 1.54) is 0 Å². The summed E-state index contributed by atoms with van der Waals surface area (Å²) in [7, 11) is 2.02. The predicted octanol–water partition coefficient (Wildman–Crippen LogP) is 2.68. The number of hydrogen-bond donors (Lipinski definition) is 0. The molecule has 0 atom stereocenters. The summed E-state index contributed by atoms with van der Waals surface area (Å²) < 4.78 is 5.51. The fourth-order valence-electron chi connectivity index (χ4n) is 1.42. The lowest BCUT2D eigenvalue weighted by molar-refractivity contribution is 0.0846. The summed E-state index contributed by atoms with van der Waals surface area (Å²) in [6.45, 7) is 5.63. The van der Waals surface area contributed by atoms with Crippen molar-refractivity contribution in [2.45, 2.75) is 25.8 Å². The molecule has 0 aromatic carbocycles. The molecule has 0 saturated heterocycles. The van der Waals surface area contributed by atoms with E-state index in [0.717, 1.165) is 17.8 Å². The van der Waals surface area contributed by atoms with Crippen LogP contribution in [0.2, 0.25) is 0 Å². The van der Waals surface area contributed by atoms with Crippen LogP contribution in [0.3, 0.4) is 0 Å². The Morgan fingerprint density at radius 1 is 1.50 bits per heavy atom. The fourth-order valence-corrected chi connectivity index (χ4v) is 1.64. The van der Waals surface area contributed by atoms with E-state index in [1.54, 1.807) is 6.20 Å². The topological polar surface area (TPSA) is 25.4 Å². The lowest BCUT2D eigenvalue weighted by Gasteiger charge is -2.21. The Balaban J connectivity index is 2.55. The van der Waals surface area contributed by atoms with Crippen LogP contribution >= 0.6 is 11.6 Å². The highest BCUT2D eigenvalue weighted by molar-refractivity contribution is 6.17. The third kappa shape index (κ3) is 3.99. The van der Waals surface area contributed by atoms with Crippen LogP contribution in [-0.4, -0.2) is 31.3 Å². The van der Waals surface area contributed by atoms with Crippen molar-refractivity contribution >= 4 is 17.3 Å². The van der Waals surface area contributed by atoms with Gasteiger partial charge in [0.1, 0.15) is 0 Å². The van der Waals surface area contributed by atoms with Crippen molar-refractivity contribution in [3.05, 3.63) is 24.0 Å². The molecule has 1 aromatic rings. The number of pyridine rings is 1. The Kier molecular flexibility index (Phi) is 5.56. The molecule has 1 aromatic heterocycles. The number of nitrogens with zero attached hydrogens (tertiary/aromatic N) is 2. The summed E-state index contributed by atoms with van der Waals surface area (Å²) >= 11 is 5.87. The number of anilines is 1. The van der Waals surface area contributed by atoms with Gasteiger partial charge < -0.3 is 9.64 Å². The van der Waals surface area contributed by atoms with E-state index in [0.29, 0.717) is 12.5 Å². The van der Waals surface area contributed by atoms with E-state index >= 15 is 0 Å². The van der Waals surface area contributed by atoms with Crippen molar-refractivity contribution < 1.29 is 4.74 Å². The van der Waals surface area contributed by atoms with Gasteiger partial charge in [-0.05, 0) is 25.5 Å². The first-order valence-corrected chi connectivity index (χ1v) is 6.00. The highest BCUT2D eigenvalue weighted by Crippen LogP contribution is 2.19. The summed E-state index contributed by atoms with van der Waals surface area (Å²) in [6, 6.07) is 1.95. The van der Waals surface area contributed by atoms with Gasteiger partial charge in [-0.2, -0.15) is 0 Å². The molecule has 90 valence electrons. The average molecular weight is 243 g/mol. The molecular formula is C12H19ClN2O. The predicted molar refractivity (Wildman–Crippen MR) is 68.2 cm³/mol. The molecule has 4 heteroatoms. The molecule has 16 heavy (non-hydrogen) atoms. The zero-order valence-corrected chi connectivity index (χ0v) is 10.9. The quantitative estimate of drug-likeness (QED) is 0.718. The fraction of sp³-hybridized carbons (Fsp3) is 0.583. The highest BCUT2D eigenvalue weighted by Gasteiger charge is 2.06. The zero-order chi connectivity index (χ0) is 12.0. The molecule has 0 aliphatic heterocycles. The second-order valence-electron chi connectivity index (χ2n) is 3.98. The highest BCUT2D eigenvalue weighted by atomic mass is 35.5. The minimum absolute atomic E-state index is 0.273. The molecule has 0 saturated carbocycles. The summed E-state index contributed by atoms with van der Waals surface area (Å²) in [5, 5.41) is 0. The van der Waals surface area contributed by atoms with E-state index in [1.807, 2.05) is 33.2 Å². The van der Waals surface area contributed by atoms with E-state index < -0.39 is 0 Å². The van der Waals surface area contributed by atoms with Crippen molar-refractivity contribution in [1.82, 2.24) is 4.98 Å². The van der Waals surface area contributed by atoms with Crippen LogP contribution < -0.4 is 4.90 Å². The molecule has 0 aliphatic carbocycles. The largest absolute Gasteiger partial charge is 0.377 e. The number of alkyl halides is 1. The Labute approximate surface area is 102 Å². The molecule has 0 spiro atoms. The number of likely N-dealkylation sites (N-methyl/N-ethyl adjacent to an activating group) is 1. The van der Waals surface area contributed by atoms with E-state index in [-0.39, 0.29) is 6.10 Å². The standard InChI is InChI=1S/C12H19ClN2O/c1-10(2)16-7-6-15(3)12-9-14-5-4-11(12)8-13/h4-5,9-10H,6-8H2,1-3H3. The summed E-state index contributed by atoms with van der Waals surface area (Å²) in [6.07, 6.45) is 3.88. The van der Waals surface area contributed by atoms with Crippen LogP contribution in [0.25, 0.3) is 0 Å². The van der Waals surface area contributed by atoms with Crippen molar-refractivity contribution in [3.63, 3.8) is 0 Å². The monoisotopic (exact) mass is 242 g/mol. The number of hydrogen-bond acceptors (Lipinski definition) is 3. The molecule has 0 N–H and O–H groups in total. The third-order valence-electron chi connectivity index (χ3n) is 2.32. The molecule has 1 heterocycles. The van der Waals surface area contributed by atoms with Gasteiger partial charge in [-0.25, -0.2) is 0 Å². The van der Waals surface area contributed by atoms with Gasteiger partial charge in [0.15, 0.2) is 0 Å². The SMILES string of the molecule is CC(C)OCCN(C)c1cnccc1CCl. The Morgan fingerprint density at radius 2 is 2.25 bits per heavy atom. The first kappa shape index (κ1) is 13.3. The first-order chi connectivity index (χ1) is 7.65. The van der Waals surface area contributed by atoms with Crippen molar-refractivity contribution in [1.29, 1.82) is 0 Å². The van der Waals surface area contributed by atoms with E-state index in [2.05, 4.69) is 9.88 Å². The Hall–Kier alpha value is -0.800. The number of rotatable bonds is 6. The number of aromatic nitrogens is 1. The molecule has 0 bridgehead atoms. The maximum absolute atomic E-state index is 5.87. The number of ether oxygens (including phenoxy) is 1.